The van der Waals surface area contributed by atoms with Crippen LogP contribution in [0.3, 0.4) is 0 Å². The van der Waals surface area contributed by atoms with Crippen molar-refractivity contribution in [2.24, 2.45) is 0 Å². The monoisotopic (exact) mass is 334 g/mol. The predicted octanol–water partition coefficient (Wildman–Crippen LogP) is 3.83. The van der Waals surface area contributed by atoms with Crippen LogP contribution in [0, 0.1) is 0 Å². The Morgan fingerprint density at radius 1 is 1.08 bits per heavy atom. The van der Waals surface area contributed by atoms with E-state index in [0.29, 0.717) is 0 Å². The minimum absolute atomic E-state index is 0.0698. The lowest BCUT2D eigenvalue weighted by Gasteiger charge is -2.32. The number of hydrogen-bond donors (Lipinski definition) is 1. The minimum atomic E-state index is -0.276. The second-order valence-corrected chi connectivity index (χ2v) is 6.29. The molecule has 2 amide bonds. The average Bonchev–Trinajstić information content (AvgIpc) is 2.62. The molecule has 0 aliphatic carbocycles. The molecule has 1 heterocycles. The van der Waals surface area contributed by atoms with Gasteiger partial charge in [-0.15, -0.1) is 0 Å². The average molecular weight is 334 g/mol. The lowest BCUT2D eigenvalue weighted by molar-refractivity contribution is -0.130. The zero-order chi connectivity index (χ0) is 17.8. The Hall–Kier alpha value is -2.88. The molecule has 1 aliphatic rings. The van der Waals surface area contributed by atoms with Crippen molar-refractivity contribution in [3.05, 3.63) is 77.5 Å². The number of fused-ring (bicyclic) bond motifs is 1. The Bertz CT molecular complexity index is 799. The molecule has 2 unspecified atom stereocenters. The molecule has 25 heavy (non-hydrogen) atoms. The van der Waals surface area contributed by atoms with Gasteiger partial charge in [-0.1, -0.05) is 54.6 Å². The third-order valence-electron chi connectivity index (χ3n) is 4.52. The molecule has 0 bridgehead atoms. The number of amides is 2. The highest BCUT2D eigenvalue weighted by atomic mass is 16.2. The highest BCUT2D eigenvalue weighted by Gasteiger charge is 2.28. The van der Waals surface area contributed by atoms with Gasteiger partial charge in [-0.3, -0.25) is 9.59 Å². The molecular formula is C21H22N2O2. The molecule has 2 atom stereocenters. The summed E-state index contributed by atoms with van der Waals surface area (Å²) >= 11 is 0. The van der Waals surface area contributed by atoms with Crippen molar-refractivity contribution < 1.29 is 9.59 Å². The lowest BCUT2D eigenvalue weighted by atomic mass is 9.93. The van der Waals surface area contributed by atoms with Gasteiger partial charge in [-0.25, -0.2) is 0 Å². The number of nitrogens with zero attached hydrogens (tertiary/aromatic N) is 1. The summed E-state index contributed by atoms with van der Waals surface area (Å²) in [6.07, 6.45) is 3.92. The molecule has 0 fully saturated rings. The molecule has 128 valence electrons. The van der Waals surface area contributed by atoms with E-state index in [-0.39, 0.29) is 30.3 Å². The van der Waals surface area contributed by atoms with E-state index in [1.807, 2.05) is 67.6 Å². The summed E-state index contributed by atoms with van der Waals surface area (Å²) in [5.41, 5.74) is 3.11. The quantitative estimate of drug-likeness (QED) is 0.924. The van der Waals surface area contributed by atoms with Crippen LogP contribution in [0.15, 0.2) is 60.8 Å². The summed E-state index contributed by atoms with van der Waals surface area (Å²) in [5.74, 6) is -0.141. The number of rotatable bonds is 4. The fourth-order valence-corrected chi connectivity index (χ4v) is 3.21. The van der Waals surface area contributed by atoms with Gasteiger partial charge in [0.15, 0.2) is 0 Å². The Morgan fingerprint density at radius 2 is 1.76 bits per heavy atom. The third kappa shape index (κ3) is 3.79. The molecule has 1 aliphatic heterocycles. The normalized spacial score (nSPS) is 16.9. The Labute approximate surface area is 148 Å². The topological polar surface area (TPSA) is 49.4 Å². The van der Waals surface area contributed by atoms with Crippen LogP contribution in [0.4, 0.5) is 0 Å². The highest BCUT2D eigenvalue weighted by Crippen LogP contribution is 2.32. The van der Waals surface area contributed by atoms with E-state index in [9.17, 15) is 9.59 Å². The van der Waals surface area contributed by atoms with Crippen LogP contribution in [0.2, 0.25) is 0 Å². The number of benzene rings is 2. The number of hydrogen-bond acceptors (Lipinski definition) is 2. The first kappa shape index (κ1) is 17.0. The zero-order valence-electron chi connectivity index (χ0n) is 14.5. The fourth-order valence-electron chi connectivity index (χ4n) is 3.21. The first-order valence-corrected chi connectivity index (χ1v) is 8.46. The van der Waals surface area contributed by atoms with E-state index >= 15 is 0 Å². The van der Waals surface area contributed by atoms with Crippen molar-refractivity contribution in [3.63, 3.8) is 0 Å². The van der Waals surface area contributed by atoms with Gasteiger partial charge in [0.05, 0.1) is 18.5 Å². The van der Waals surface area contributed by atoms with E-state index < -0.39 is 0 Å². The van der Waals surface area contributed by atoms with E-state index in [0.717, 1.165) is 16.7 Å². The maximum Gasteiger partial charge on any atom is 0.223 e. The van der Waals surface area contributed by atoms with Crippen molar-refractivity contribution in [2.45, 2.75) is 32.4 Å². The smallest absolute Gasteiger partial charge is 0.223 e. The van der Waals surface area contributed by atoms with Gasteiger partial charge in [0.1, 0.15) is 0 Å². The van der Waals surface area contributed by atoms with Crippen LogP contribution in [-0.4, -0.2) is 16.7 Å². The summed E-state index contributed by atoms with van der Waals surface area (Å²) in [5, 5.41) is 3.03. The van der Waals surface area contributed by atoms with E-state index in [1.165, 1.54) is 6.92 Å². The molecule has 0 saturated carbocycles. The molecule has 0 radical (unpaired) electrons. The molecule has 3 rings (SSSR count). The molecule has 4 nitrogen and oxygen atoms in total. The largest absolute Gasteiger partial charge is 0.350 e. The molecule has 4 heteroatoms. The SMILES string of the molecule is CC(=O)N1C=Cc2ccccc2C1CC(=O)NC(C)c1ccccc1. The first-order valence-electron chi connectivity index (χ1n) is 8.46. The molecule has 0 spiro atoms. The van der Waals surface area contributed by atoms with Gasteiger partial charge in [-0.05, 0) is 29.7 Å². The van der Waals surface area contributed by atoms with Crippen LogP contribution in [0.5, 0.6) is 0 Å². The van der Waals surface area contributed by atoms with Crippen molar-refractivity contribution in [3.8, 4) is 0 Å². The van der Waals surface area contributed by atoms with Crippen LogP contribution < -0.4 is 5.32 Å². The highest BCUT2D eigenvalue weighted by molar-refractivity contribution is 5.82. The predicted molar refractivity (Wildman–Crippen MR) is 98.4 cm³/mol. The maximum atomic E-state index is 12.6. The fraction of sp³-hybridized carbons (Fsp3) is 0.238. The minimum Gasteiger partial charge on any atom is -0.350 e. The van der Waals surface area contributed by atoms with E-state index in [1.54, 1.807) is 11.1 Å². The first-order chi connectivity index (χ1) is 12.1. The van der Waals surface area contributed by atoms with Crippen molar-refractivity contribution in [1.29, 1.82) is 0 Å². The third-order valence-corrected chi connectivity index (χ3v) is 4.52. The summed E-state index contributed by atoms with van der Waals surface area (Å²) in [4.78, 5) is 26.2. The van der Waals surface area contributed by atoms with Crippen LogP contribution in [0.25, 0.3) is 6.08 Å². The van der Waals surface area contributed by atoms with Gasteiger partial charge in [0.2, 0.25) is 11.8 Å². The Morgan fingerprint density at radius 3 is 2.48 bits per heavy atom. The molecule has 2 aromatic rings. The summed E-state index contributed by atoms with van der Waals surface area (Å²) in [6, 6.07) is 17.4. The molecule has 0 aromatic heterocycles. The molecule has 0 saturated heterocycles. The standard InChI is InChI=1S/C21H22N2O2/c1-15(17-8-4-3-5-9-17)22-21(25)14-20-19-11-7-6-10-18(19)12-13-23(20)16(2)24/h3-13,15,20H,14H2,1-2H3,(H,22,25). The Kier molecular flexibility index (Phi) is 4.98. The van der Waals surface area contributed by atoms with Gasteiger partial charge in [0, 0.05) is 13.1 Å². The number of nitrogens with one attached hydrogen (secondary N) is 1. The van der Waals surface area contributed by atoms with Crippen LogP contribution in [-0.2, 0) is 9.59 Å². The number of carbonyl (C=O) groups excluding carboxylic acids is 2. The van der Waals surface area contributed by atoms with Crippen molar-refractivity contribution in [1.82, 2.24) is 10.2 Å². The maximum absolute atomic E-state index is 12.6. The van der Waals surface area contributed by atoms with Gasteiger partial charge >= 0.3 is 0 Å². The Balaban J connectivity index is 1.76. The lowest BCUT2D eigenvalue weighted by Crippen LogP contribution is -2.36. The number of carbonyl (C=O) groups is 2. The zero-order valence-corrected chi connectivity index (χ0v) is 14.5. The van der Waals surface area contributed by atoms with E-state index in [4.69, 9.17) is 0 Å². The van der Waals surface area contributed by atoms with Gasteiger partial charge < -0.3 is 10.2 Å². The van der Waals surface area contributed by atoms with Gasteiger partial charge in [0.25, 0.3) is 0 Å². The molecule has 2 aromatic carbocycles. The second-order valence-electron chi connectivity index (χ2n) is 6.29. The van der Waals surface area contributed by atoms with Crippen molar-refractivity contribution in [2.75, 3.05) is 0 Å². The second kappa shape index (κ2) is 7.34. The summed E-state index contributed by atoms with van der Waals surface area (Å²) in [7, 11) is 0. The van der Waals surface area contributed by atoms with Crippen LogP contribution in [0.1, 0.15) is 49.0 Å². The molecule has 1 N–H and O–H groups in total. The van der Waals surface area contributed by atoms with Crippen molar-refractivity contribution >= 4 is 17.9 Å². The summed E-state index contributed by atoms with van der Waals surface area (Å²) in [6.45, 7) is 3.49. The van der Waals surface area contributed by atoms with Crippen LogP contribution >= 0.6 is 0 Å². The summed E-state index contributed by atoms with van der Waals surface area (Å²) < 4.78 is 0. The van der Waals surface area contributed by atoms with Gasteiger partial charge in [-0.2, -0.15) is 0 Å². The van der Waals surface area contributed by atoms with E-state index in [2.05, 4.69) is 5.32 Å². The molecular weight excluding hydrogens is 312 g/mol.